The summed E-state index contributed by atoms with van der Waals surface area (Å²) in [5.74, 6) is 0.443. The van der Waals surface area contributed by atoms with Gasteiger partial charge in [-0.05, 0) is 30.7 Å². The van der Waals surface area contributed by atoms with Crippen molar-refractivity contribution in [1.82, 2.24) is 4.90 Å². The SMILES string of the molecule is COC(=O)[C@@]12CCC(=O)[C@]3(CCCC[C@H]31)CN(Cc1ccccc1)C2. The van der Waals surface area contributed by atoms with Gasteiger partial charge in [0.05, 0.1) is 12.5 Å². The van der Waals surface area contributed by atoms with Gasteiger partial charge in [-0.3, -0.25) is 14.5 Å². The van der Waals surface area contributed by atoms with Crippen molar-refractivity contribution in [2.75, 3.05) is 20.2 Å². The van der Waals surface area contributed by atoms with Gasteiger partial charge in [-0.15, -0.1) is 0 Å². The number of rotatable bonds is 3. The lowest BCUT2D eigenvalue weighted by Gasteiger charge is -2.60. The minimum Gasteiger partial charge on any atom is -0.469 e. The van der Waals surface area contributed by atoms with Crippen LogP contribution < -0.4 is 0 Å². The van der Waals surface area contributed by atoms with Crippen LogP contribution in [-0.4, -0.2) is 36.9 Å². The average Bonchev–Trinajstić information content (AvgIpc) is 2.65. The molecular formula is C21H27NO3. The molecule has 3 fully saturated rings. The predicted molar refractivity (Wildman–Crippen MR) is 94.8 cm³/mol. The topological polar surface area (TPSA) is 46.6 Å². The molecule has 0 amide bonds. The lowest BCUT2D eigenvalue weighted by Crippen LogP contribution is -2.67. The van der Waals surface area contributed by atoms with Gasteiger partial charge in [-0.25, -0.2) is 0 Å². The van der Waals surface area contributed by atoms with Crippen LogP contribution in [0, 0.1) is 16.7 Å². The molecule has 134 valence electrons. The molecule has 0 unspecified atom stereocenters. The Morgan fingerprint density at radius 2 is 2.00 bits per heavy atom. The third-order valence-electron chi connectivity index (χ3n) is 6.91. The number of Topliss-reactive ketones (excluding diaryl/α,β-unsaturated/α-hetero) is 1. The van der Waals surface area contributed by atoms with E-state index in [0.29, 0.717) is 25.2 Å². The highest BCUT2D eigenvalue weighted by molar-refractivity contribution is 5.91. The lowest BCUT2D eigenvalue weighted by atomic mass is 9.47. The number of carbonyl (C=O) groups excluding carboxylic acids is 2. The summed E-state index contributed by atoms with van der Waals surface area (Å²) in [5.41, 5.74) is 0.395. The number of likely N-dealkylation sites (tertiary alicyclic amines) is 1. The third-order valence-corrected chi connectivity index (χ3v) is 6.91. The van der Waals surface area contributed by atoms with Gasteiger partial charge in [-0.1, -0.05) is 43.2 Å². The van der Waals surface area contributed by atoms with E-state index >= 15 is 0 Å². The van der Waals surface area contributed by atoms with Crippen molar-refractivity contribution in [3.63, 3.8) is 0 Å². The van der Waals surface area contributed by atoms with Crippen LogP contribution in [0.5, 0.6) is 0 Å². The molecule has 4 heteroatoms. The summed E-state index contributed by atoms with van der Waals surface area (Å²) in [6.45, 7) is 2.31. The van der Waals surface area contributed by atoms with E-state index < -0.39 is 5.41 Å². The highest BCUT2D eigenvalue weighted by Gasteiger charge is 2.65. The third kappa shape index (κ3) is 2.53. The Hall–Kier alpha value is -1.68. The number of ketones is 1. The largest absolute Gasteiger partial charge is 0.469 e. The number of piperidine rings is 1. The molecule has 3 aliphatic rings. The van der Waals surface area contributed by atoms with Crippen LogP contribution in [0.1, 0.15) is 44.1 Å². The van der Waals surface area contributed by atoms with Crippen LogP contribution in [0.15, 0.2) is 30.3 Å². The monoisotopic (exact) mass is 341 g/mol. The molecule has 1 saturated heterocycles. The van der Waals surface area contributed by atoms with Crippen molar-refractivity contribution >= 4 is 11.8 Å². The Kier molecular flexibility index (Phi) is 4.19. The number of benzene rings is 1. The molecule has 2 saturated carbocycles. The number of ether oxygens (including phenoxy) is 1. The van der Waals surface area contributed by atoms with Crippen LogP contribution in [0.3, 0.4) is 0 Å². The number of hydrogen-bond acceptors (Lipinski definition) is 4. The van der Waals surface area contributed by atoms with E-state index in [1.165, 1.54) is 12.7 Å². The summed E-state index contributed by atoms with van der Waals surface area (Å²) in [4.78, 5) is 28.3. The molecule has 1 heterocycles. The van der Waals surface area contributed by atoms with Gasteiger partial charge >= 0.3 is 5.97 Å². The molecule has 25 heavy (non-hydrogen) atoms. The van der Waals surface area contributed by atoms with E-state index in [9.17, 15) is 9.59 Å². The zero-order chi connectivity index (χ0) is 17.5. The van der Waals surface area contributed by atoms with Crippen LogP contribution in [0.4, 0.5) is 0 Å². The second-order valence-electron chi connectivity index (χ2n) is 8.16. The van der Waals surface area contributed by atoms with E-state index in [-0.39, 0.29) is 17.3 Å². The summed E-state index contributed by atoms with van der Waals surface area (Å²) in [6.07, 6.45) is 5.32. The van der Waals surface area contributed by atoms with E-state index in [2.05, 4.69) is 17.0 Å². The predicted octanol–water partition coefficient (Wildman–Crippen LogP) is 3.20. The fourth-order valence-corrected chi connectivity index (χ4v) is 5.92. The lowest BCUT2D eigenvalue weighted by molar-refractivity contribution is -0.189. The van der Waals surface area contributed by atoms with Crippen molar-refractivity contribution < 1.29 is 14.3 Å². The van der Waals surface area contributed by atoms with Crippen LogP contribution in [0.25, 0.3) is 0 Å². The fraction of sp³-hybridized carbons (Fsp3) is 0.619. The smallest absolute Gasteiger partial charge is 0.313 e. The zero-order valence-electron chi connectivity index (χ0n) is 15.0. The molecular weight excluding hydrogens is 314 g/mol. The van der Waals surface area contributed by atoms with Gasteiger partial charge in [-0.2, -0.15) is 0 Å². The van der Waals surface area contributed by atoms with Gasteiger partial charge in [0.1, 0.15) is 5.78 Å². The molecule has 4 rings (SSSR count). The summed E-state index contributed by atoms with van der Waals surface area (Å²) >= 11 is 0. The molecule has 1 aromatic carbocycles. The number of hydrogen-bond donors (Lipinski definition) is 0. The first-order valence-corrected chi connectivity index (χ1v) is 9.49. The van der Waals surface area contributed by atoms with Gasteiger partial charge < -0.3 is 4.74 Å². The second-order valence-corrected chi connectivity index (χ2v) is 8.16. The summed E-state index contributed by atoms with van der Waals surface area (Å²) in [7, 11) is 1.49. The van der Waals surface area contributed by atoms with E-state index in [1.54, 1.807) is 0 Å². The molecule has 1 aromatic rings. The number of methoxy groups -OCH3 is 1. The Morgan fingerprint density at radius 3 is 2.76 bits per heavy atom. The van der Waals surface area contributed by atoms with Gasteiger partial charge in [0.15, 0.2) is 0 Å². The first-order valence-electron chi connectivity index (χ1n) is 9.49. The molecule has 0 spiro atoms. The molecule has 0 aromatic heterocycles. The molecule has 1 aliphatic heterocycles. The van der Waals surface area contributed by atoms with Gasteiger partial charge in [0.2, 0.25) is 0 Å². The minimum absolute atomic E-state index is 0.103. The maximum Gasteiger partial charge on any atom is 0.313 e. The normalized spacial score (nSPS) is 35.1. The maximum atomic E-state index is 13.0. The van der Waals surface area contributed by atoms with Crippen molar-refractivity contribution in [2.24, 2.45) is 16.7 Å². The molecule has 2 aliphatic carbocycles. The molecule has 0 N–H and O–H groups in total. The Labute approximate surface area is 149 Å². The van der Waals surface area contributed by atoms with E-state index in [0.717, 1.165) is 38.8 Å². The van der Waals surface area contributed by atoms with E-state index in [4.69, 9.17) is 4.74 Å². The van der Waals surface area contributed by atoms with Crippen molar-refractivity contribution in [3.05, 3.63) is 35.9 Å². The summed E-state index contributed by atoms with van der Waals surface area (Å²) in [5, 5.41) is 0. The molecule has 2 bridgehead atoms. The molecule has 0 radical (unpaired) electrons. The maximum absolute atomic E-state index is 13.0. The van der Waals surface area contributed by atoms with Crippen LogP contribution in [-0.2, 0) is 20.9 Å². The van der Waals surface area contributed by atoms with Crippen LogP contribution >= 0.6 is 0 Å². The average molecular weight is 341 g/mol. The highest BCUT2D eigenvalue weighted by Crippen LogP contribution is 2.60. The first-order chi connectivity index (χ1) is 12.1. The molecule has 4 nitrogen and oxygen atoms in total. The first kappa shape index (κ1) is 16.8. The van der Waals surface area contributed by atoms with Crippen molar-refractivity contribution in [1.29, 1.82) is 0 Å². The molecule has 3 atom stereocenters. The Morgan fingerprint density at radius 1 is 1.20 bits per heavy atom. The summed E-state index contributed by atoms with van der Waals surface area (Å²) in [6, 6.07) is 10.3. The van der Waals surface area contributed by atoms with Crippen molar-refractivity contribution in [2.45, 2.75) is 45.1 Å². The summed E-state index contributed by atoms with van der Waals surface area (Å²) < 4.78 is 5.27. The number of carbonyl (C=O) groups is 2. The van der Waals surface area contributed by atoms with Crippen LogP contribution in [0.2, 0.25) is 0 Å². The number of esters is 1. The second kappa shape index (κ2) is 6.24. The standard InChI is InChI=1S/C21H27NO3/c1-25-19(24)21-12-10-18(23)20(11-6-5-9-17(20)21)14-22(15-21)13-16-7-3-2-4-8-16/h2-4,7-8,17H,5-6,9-15H2,1H3/t17-,20-,21-/m1/s1. The number of nitrogens with zero attached hydrogens (tertiary/aromatic N) is 1. The van der Waals surface area contributed by atoms with Gasteiger partial charge in [0.25, 0.3) is 0 Å². The Balaban J connectivity index is 1.72. The minimum atomic E-state index is -0.504. The Bertz CT molecular complexity index is 673. The van der Waals surface area contributed by atoms with E-state index in [1.807, 2.05) is 18.2 Å². The highest BCUT2D eigenvalue weighted by atomic mass is 16.5. The zero-order valence-corrected chi connectivity index (χ0v) is 15.0. The van der Waals surface area contributed by atoms with Gasteiger partial charge in [0, 0.05) is 31.5 Å². The quantitative estimate of drug-likeness (QED) is 0.792. The fourth-order valence-electron chi connectivity index (χ4n) is 5.92. The van der Waals surface area contributed by atoms with Crippen molar-refractivity contribution in [3.8, 4) is 0 Å².